The first-order valence-corrected chi connectivity index (χ1v) is 14.7. The Morgan fingerprint density at radius 2 is 1.93 bits per heavy atom. The maximum absolute atomic E-state index is 13.2. The molecule has 2 unspecified atom stereocenters. The van der Waals surface area contributed by atoms with Gasteiger partial charge in [0, 0.05) is 23.8 Å². The van der Waals surface area contributed by atoms with E-state index in [2.05, 4.69) is 26.0 Å². The number of rotatable bonds is 8. The predicted octanol–water partition coefficient (Wildman–Crippen LogP) is 4.67. The van der Waals surface area contributed by atoms with Crippen LogP contribution in [-0.2, 0) is 11.3 Å². The Kier molecular flexibility index (Phi) is 6.29. The maximum Gasteiger partial charge on any atom is 0.267 e. The lowest BCUT2D eigenvalue weighted by molar-refractivity contribution is -0.147. The van der Waals surface area contributed by atoms with Gasteiger partial charge in [-0.1, -0.05) is 23.7 Å². The first-order chi connectivity index (χ1) is 19.3. The summed E-state index contributed by atoms with van der Waals surface area (Å²) >= 11 is 6.58. The molecule has 5 aliphatic carbocycles. The van der Waals surface area contributed by atoms with Gasteiger partial charge in [0.25, 0.3) is 5.56 Å². The van der Waals surface area contributed by atoms with Gasteiger partial charge in [-0.25, -0.2) is 9.67 Å². The summed E-state index contributed by atoms with van der Waals surface area (Å²) in [5.41, 5.74) is 2.21. The van der Waals surface area contributed by atoms with Crippen molar-refractivity contribution in [3.05, 3.63) is 69.2 Å². The molecule has 1 amide bonds. The average Bonchev–Trinajstić information content (AvgIpc) is 3.74. The van der Waals surface area contributed by atoms with E-state index in [4.69, 9.17) is 16.6 Å². The summed E-state index contributed by atoms with van der Waals surface area (Å²) < 4.78 is 1.46. The number of hydrogen-bond donors (Lipinski definition) is 3. The predicted molar refractivity (Wildman–Crippen MR) is 154 cm³/mol. The standard InChI is InChI=1S/C30H34ClN7O2/c1-17-5-8-25(39)38(37-17)16-18-3-2-4-23(11-18)34-29-32-15-24(31)27(36-29)35-26-20-9-19-10-21(26)14-30(12-19,13-20)28(40)33-22-6-7-22/h2-5,8,11,15,19-22,26H,6-7,9-10,12-14,16H2,1H3,(H,33,40)(H2,32,34,35,36). The van der Waals surface area contributed by atoms with Crippen LogP contribution in [0, 0.1) is 30.1 Å². The SMILES string of the molecule is Cc1ccc(=O)n(Cc2cccc(Nc3ncc(Cl)c(NC4C5CC6CC4CC(C(=O)NC4CC4)(C6)C5)n3)c2)n1. The van der Waals surface area contributed by atoms with Crippen molar-refractivity contribution in [2.75, 3.05) is 10.6 Å². The summed E-state index contributed by atoms with van der Waals surface area (Å²) in [6, 6.07) is 11.7. The fourth-order valence-corrected chi connectivity index (χ4v) is 7.65. The number of halogens is 1. The van der Waals surface area contributed by atoms with E-state index < -0.39 is 0 Å². The zero-order valence-electron chi connectivity index (χ0n) is 22.6. The van der Waals surface area contributed by atoms with E-state index in [1.807, 2.05) is 31.2 Å². The van der Waals surface area contributed by atoms with Gasteiger partial charge in [-0.3, -0.25) is 9.59 Å². The molecule has 0 saturated heterocycles. The smallest absolute Gasteiger partial charge is 0.267 e. The number of aryl methyl sites for hydroxylation is 1. The van der Waals surface area contributed by atoms with Crippen LogP contribution >= 0.6 is 11.6 Å². The molecule has 3 N–H and O–H groups in total. The van der Waals surface area contributed by atoms with Crippen LogP contribution in [0.25, 0.3) is 0 Å². The first kappa shape index (κ1) is 25.5. The molecule has 1 aromatic carbocycles. The number of benzene rings is 1. The Morgan fingerprint density at radius 3 is 2.70 bits per heavy atom. The highest BCUT2D eigenvalue weighted by molar-refractivity contribution is 6.32. The van der Waals surface area contributed by atoms with Crippen molar-refractivity contribution in [3.63, 3.8) is 0 Å². The topological polar surface area (TPSA) is 114 Å². The number of nitrogens with zero attached hydrogens (tertiary/aromatic N) is 4. The van der Waals surface area contributed by atoms with E-state index in [1.54, 1.807) is 12.3 Å². The Labute approximate surface area is 238 Å². The van der Waals surface area contributed by atoms with Crippen molar-refractivity contribution in [2.24, 2.45) is 23.2 Å². The number of hydrogen-bond acceptors (Lipinski definition) is 7. The lowest BCUT2D eigenvalue weighted by Crippen LogP contribution is -2.60. The van der Waals surface area contributed by atoms with Crippen LogP contribution in [0.5, 0.6) is 0 Å². The second-order valence-corrected chi connectivity index (χ2v) is 12.8. The summed E-state index contributed by atoms with van der Waals surface area (Å²) in [4.78, 5) is 34.6. The van der Waals surface area contributed by atoms with Crippen molar-refractivity contribution in [2.45, 2.75) is 70.5 Å². The molecule has 5 aliphatic rings. The van der Waals surface area contributed by atoms with Gasteiger partial charge in [0.05, 0.1) is 23.9 Å². The van der Waals surface area contributed by atoms with Crippen LogP contribution in [0.2, 0.25) is 5.02 Å². The van der Waals surface area contributed by atoms with Crippen molar-refractivity contribution in [3.8, 4) is 0 Å². The van der Waals surface area contributed by atoms with Crippen molar-refractivity contribution >= 4 is 35.0 Å². The van der Waals surface area contributed by atoms with Gasteiger partial charge < -0.3 is 16.0 Å². The number of aromatic nitrogens is 4. The van der Waals surface area contributed by atoms with Gasteiger partial charge in [0.2, 0.25) is 11.9 Å². The Morgan fingerprint density at radius 1 is 1.12 bits per heavy atom. The molecule has 2 aromatic heterocycles. The second kappa shape index (κ2) is 9.87. The van der Waals surface area contributed by atoms with E-state index in [0.29, 0.717) is 53.0 Å². The average molecular weight is 560 g/mol. The zero-order valence-corrected chi connectivity index (χ0v) is 23.3. The highest BCUT2D eigenvalue weighted by atomic mass is 35.5. The molecule has 9 nitrogen and oxygen atoms in total. The van der Waals surface area contributed by atoms with Crippen LogP contribution < -0.4 is 21.5 Å². The van der Waals surface area contributed by atoms with Gasteiger partial charge in [-0.05, 0) is 93.4 Å². The minimum absolute atomic E-state index is 0.139. The molecule has 10 heteroatoms. The molecule has 3 aromatic rings. The molecule has 4 bridgehead atoms. The molecule has 5 fully saturated rings. The summed E-state index contributed by atoms with van der Waals surface area (Å²) in [6.45, 7) is 2.24. The first-order valence-electron chi connectivity index (χ1n) is 14.3. The summed E-state index contributed by atoms with van der Waals surface area (Å²) in [6.07, 6.45) is 9.11. The second-order valence-electron chi connectivity index (χ2n) is 12.4. The van der Waals surface area contributed by atoms with Crippen molar-refractivity contribution < 1.29 is 4.79 Å². The molecule has 40 heavy (non-hydrogen) atoms. The molecule has 0 spiro atoms. The number of carbonyl (C=O) groups excluding carboxylic acids is 1. The summed E-state index contributed by atoms with van der Waals surface area (Å²) in [7, 11) is 0. The van der Waals surface area contributed by atoms with Crippen LogP contribution in [0.1, 0.15) is 56.2 Å². The van der Waals surface area contributed by atoms with Crippen LogP contribution in [0.3, 0.4) is 0 Å². The fraction of sp³-hybridized carbons (Fsp3) is 0.500. The third-order valence-electron chi connectivity index (χ3n) is 9.23. The summed E-state index contributed by atoms with van der Waals surface area (Å²) in [5, 5.41) is 15.1. The van der Waals surface area contributed by atoms with Gasteiger partial charge in [0.1, 0.15) is 5.02 Å². The van der Waals surface area contributed by atoms with Crippen LogP contribution in [0.4, 0.5) is 17.5 Å². The molecule has 0 radical (unpaired) electrons. The third-order valence-corrected chi connectivity index (χ3v) is 9.51. The van der Waals surface area contributed by atoms with Gasteiger partial charge >= 0.3 is 0 Å². The minimum Gasteiger partial charge on any atom is -0.365 e. The van der Waals surface area contributed by atoms with E-state index in [0.717, 1.165) is 61.9 Å². The van der Waals surface area contributed by atoms with E-state index in [1.165, 1.54) is 10.7 Å². The monoisotopic (exact) mass is 559 g/mol. The van der Waals surface area contributed by atoms with Crippen LogP contribution in [0.15, 0.2) is 47.4 Å². The van der Waals surface area contributed by atoms with Crippen LogP contribution in [-0.4, -0.2) is 37.7 Å². The number of carbonyl (C=O) groups is 1. The van der Waals surface area contributed by atoms with E-state index in [9.17, 15) is 9.59 Å². The molecule has 2 heterocycles. The Hall–Kier alpha value is -3.46. The molecule has 208 valence electrons. The molecule has 8 rings (SSSR count). The normalized spacial score (nSPS) is 28.4. The maximum atomic E-state index is 13.2. The molecule has 5 saturated carbocycles. The lowest BCUT2D eigenvalue weighted by atomic mass is 9.47. The largest absolute Gasteiger partial charge is 0.365 e. The Balaban J connectivity index is 1.06. The number of nitrogens with one attached hydrogen (secondary N) is 3. The third kappa shape index (κ3) is 4.96. The van der Waals surface area contributed by atoms with Gasteiger partial charge in [0.15, 0.2) is 5.82 Å². The van der Waals surface area contributed by atoms with Crippen molar-refractivity contribution in [1.82, 2.24) is 25.1 Å². The van der Waals surface area contributed by atoms with E-state index in [-0.39, 0.29) is 17.0 Å². The molecular weight excluding hydrogens is 526 g/mol. The van der Waals surface area contributed by atoms with Crippen molar-refractivity contribution in [1.29, 1.82) is 0 Å². The highest BCUT2D eigenvalue weighted by Gasteiger charge is 2.58. The quantitative estimate of drug-likeness (QED) is 0.367. The highest BCUT2D eigenvalue weighted by Crippen LogP contribution is 2.60. The Bertz CT molecular complexity index is 1500. The summed E-state index contributed by atoms with van der Waals surface area (Å²) in [5.74, 6) is 2.88. The number of amides is 1. The van der Waals surface area contributed by atoms with Gasteiger partial charge in [-0.15, -0.1) is 0 Å². The molecule has 0 aliphatic heterocycles. The lowest BCUT2D eigenvalue weighted by Gasteiger charge is -2.59. The fourth-order valence-electron chi connectivity index (χ4n) is 7.50. The zero-order chi connectivity index (χ0) is 27.4. The molecular formula is C30H34ClN7O2. The van der Waals surface area contributed by atoms with Gasteiger partial charge in [-0.2, -0.15) is 10.1 Å². The van der Waals surface area contributed by atoms with E-state index >= 15 is 0 Å². The number of anilines is 3. The molecule has 2 atom stereocenters. The minimum atomic E-state index is -0.191.